The Labute approximate surface area is 95.3 Å². The Morgan fingerprint density at radius 1 is 1.24 bits per heavy atom. The standard InChI is InChI=1S/C10H7N5O2/c16-10(17-14-3-1-2-4-14)15-7-13-9-8(15)5-11-6-12-9/h1-7H. The molecule has 17 heavy (non-hydrogen) atoms. The molecule has 0 aliphatic rings. The van der Waals surface area contributed by atoms with Crippen LogP contribution in [0, 0.1) is 0 Å². The fraction of sp³-hybridized carbons (Fsp3) is 0. The van der Waals surface area contributed by atoms with Crippen LogP contribution in [0.4, 0.5) is 4.79 Å². The lowest BCUT2D eigenvalue weighted by Crippen LogP contribution is -2.23. The van der Waals surface area contributed by atoms with Crippen LogP contribution in [0.25, 0.3) is 11.2 Å². The van der Waals surface area contributed by atoms with E-state index in [1.165, 1.54) is 28.1 Å². The van der Waals surface area contributed by atoms with E-state index in [0.29, 0.717) is 11.2 Å². The number of carbonyl (C=O) groups excluding carboxylic acids is 1. The largest absolute Gasteiger partial charge is 0.444 e. The van der Waals surface area contributed by atoms with Crippen molar-refractivity contribution >= 4 is 17.3 Å². The molecule has 0 bridgehead atoms. The summed E-state index contributed by atoms with van der Waals surface area (Å²) in [5.74, 6) is 0. The molecule has 0 saturated heterocycles. The summed E-state index contributed by atoms with van der Waals surface area (Å²) in [6, 6.07) is 3.50. The third-order valence-corrected chi connectivity index (χ3v) is 2.18. The molecular weight excluding hydrogens is 222 g/mol. The number of carbonyl (C=O) groups is 1. The van der Waals surface area contributed by atoms with Crippen LogP contribution in [0.1, 0.15) is 0 Å². The summed E-state index contributed by atoms with van der Waals surface area (Å²) in [7, 11) is 0. The molecule has 0 amide bonds. The summed E-state index contributed by atoms with van der Waals surface area (Å²) < 4.78 is 2.55. The summed E-state index contributed by atoms with van der Waals surface area (Å²) in [6.45, 7) is 0. The first-order valence-electron chi connectivity index (χ1n) is 4.83. The van der Waals surface area contributed by atoms with Crippen molar-refractivity contribution in [3.8, 4) is 0 Å². The fourth-order valence-electron chi connectivity index (χ4n) is 1.42. The molecule has 3 rings (SSSR count). The average Bonchev–Trinajstić information content (AvgIpc) is 2.96. The fourth-order valence-corrected chi connectivity index (χ4v) is 1.42. The van der Waals surface area contributed by atoms with Crippen molar-refractivity contribution in [2.24, 2.45) is 0 Å². The van der Waals surface area contributed by atoms with Crippen molar-refractivity contribution in [3.63, 3.8) is 0 Å². The van der Waals surface area contributed by atoms with Gasteiger partial charge in [-0.1, -0.05) is 0 Å². The zero-order chi connectivity index (χ0) is 11.7. The molecule has 0 saturated carbocycles. The third kappa shape index (κ3) is 1.63. The first-order valence-corrected chi connectivity index (χ1v) is 4.83. The van der Waals surface area contributed by atoms with Crippen LogP contribution in [0.15, 0.2) is 43.4 Å². The minimum Gasteiger partial charge on any atom is -0.317 e. The van der Waals surface area contributed by atoms with E-state index in [0.717, 1.165) is 0 Å². The Morgan fingerprint density at radius 3 is 2.88 bits per heavy atom. The Morgan fingerprint density at radius 2 is 2.06 bits per heavy atom. The van der Waals surface area contributed by atoms with E-state index in [2.05, 4.69) is 15.0 Å². The molecule has 7 nitrogen and oxygen atoms in total. The highest BCUT2D eigenvalue weighted by Crippen LogP contribution is 2.07. The molecule has 84 valence electrons. The van der Waals surface area contributed by atoms with Crippen LogP contribution >= 0.6 is 0 Å². The van der Waals surface area contributed by atoms with Crippen molar-refractivity contribution < 1.29 is 9.63 Å². The summed E-state index contributed by atoms with van der Waals surface area (Å²) in [5, 5.41) is 0. The number of hydrogen-bond acceptors (Lipinski definition) is 5. The molecule has 0 N–H and O–H groups in total. The van der Waals surface area contributed by atoms with Gasteiger partial charge in [-0.25, -0.2) is 24.3 Å². The van der Waals surface area contributed by atoms with Gasteiger partial charge in [0.1, 0.15) is 18.2 Å². The Bertz CT molecular complexity index is 658. The van der Waals surface area contributed by atoms with E-state index in [1.807, 2.05) is 0 Å². The molecule has 0 unspecified atom stereocenters. The molecule has 7 heteroatoms. The lowest BCUT2D eigenvalue weighted by molar-refractivity contribution is 0.136. The smallest absolute Gasteiger partial charge is 0.317 e. The van der Waals surface area contributed by atoms with E-state index in [9.17, 15) is 4.79 Å². The Kier molecular flexibility index (Phi) is 2.08. The number of aromatic nitrogens is 5. The van der Waals surface area contributed by atoms with Crippen LogP contribution in [-0.2, 0) is 0 Å². The average molecular weight is 229 g/mol. The minimum absolute atomic E-state index is 0.449. The number of rotatable bonds is 1. The molecule has 0 aliphatic carbocycles. The van der Waals surface area contributed by atoms with Crippen LogP contribution in [-0.4, -0.2) is 30.3 Å². The normalized spacial score (nSPS) is 10.6. The predicted octanol–water partition coefficient (Wildman–Crippen LogP) is 0.725. The summed E-state index contributed by atoms with van der Waals surface area (Å²) in [4.78, 5) is 28.6. The van der Waals surface area contributed by atoms with Crippen molar-refractivity contribution in [2.45, 2.75) is 0 Å². The Balaban J connectivity index is 1.96. The lowest BCUT2D eigenvalue weighted by atomic mass is 10.5. The van der Waals surface area contributed by atoms with Gasteiger partial charge in [-0.15, -0.1) is 0 Å². The summed E-state index contributed by atoms with van der Waals surface area (Å²) in [5.41, 5.74) is 0.953. The maximum Gasteiger partial charge on any atom is 0.444 e. The molecule has 0 aromatic carbocycles. The van der Waals surface area contributed by atoms with E-state index in [1.54, 1.807) is 24.5 Å². The second kappa shape index (κ2) is 3.71. The van der Waals surface area contributed by atoms with Crippen LogP contribution in [0.2, 0.25) is 0 Å². The SMILES string of the molecule is O=C(On1cccc1)n1cnc2ncncc21. The summed E-state index contributed by atoms with van der Waals surface area (Å²) >= 11 is 0. The maximum atomic E-state index is 11.8. The molecule has 3 aromatic heterocycles. The van der Waals surface area contributed by atoms with Gasteiger partial charge in [0.05, 0.1) is 6.20 Å². The minimum atomic E-state index is -0.571. The lowest BCUT2D eigenvalue weighted by Gasteiger charge is -2.04. The second-order valence-corrected chi connectivity index (χ2v) is 3.25. The highest BCUT2D eigenvalue weighted by atomic mass is 16.7. The molecule has 0 fully saturated rings. The Hall–Kier alpha value is -2.70. The number of imidazole rings is 1. The van der Waals surface area contributed by atoms with Gasteiger partial charge in [-0.05, 0) is 12.1 Å². The summed E-state index contributed by atoms with van der Waals surface area (Å²) in [6.07, 6.45) is 6.90. The van der Waals surface area contributed by atoms with Crippen LogP contribution in [0.3, 0.4) is 0 Å². The molecule has 0 radical (unpaired) electrons. The molecule has 0 aliphatic heterocycles. The molecule has 3 aromatic rings. The van der Waals surface area contributed by atoms with E-state index in [4.69, 9.17) is 4.84 Å². The van der Waals surface area contributed by atoms with Gasteiger partial charge < -0.3 is 4.84 Å². The number of hydrogen-bond donors (Lipinski definition) is 0. The van der Waals surface area contributed by atoms with Gasteiger partial charge >= 0.3 is 6.09 Å². The van der Waals surface area contributed by atoms with Gasteiger partial charge in [0.2, 0.25) is 0 Å². The highest BCUT2D eigenvalue weighted by molar-refractivity contribution is 5.83. The number of fused-ring (bicyclic) bond motifs is 1. The van der Waals surface area contributed by atoms with Crippen molar-refractivity contribution in [1.82, 2.24) is 24.2 Å². The van der Waals surface area contributed by atoms with E-state index < -0.39 is 6.09 Å². The zero-order valence-electron chi connectivity index (χ0n) is 8.59. The number of nitrogens with zero attached hydrogens (tertiary/aromatic N) is 5. The van der Waals surface area contributed by atoms with Gasteiger partial charge in [-0.3, -0.25) is 0 Å². The van der Waals surface area contributed by atoms with Crippen LogP contribution in [0.5, 0.6) is 0 Å². The van der Waals surface area contributed by atoms with Gasteiger partial charge in [0.15, 0.2) is 5.65 Å². The molecular formula is C10H7N5O2. The van der Waals surface area contributed by atoms with Crippen molar-refractivity contribution in [1.29, 1.82) is 0 Å². The van der Waals surface area contributed by atoms with Gasteiger partial charge in [-0.2, -0.15) is 4.73 Å². The molecule has 0 spiro atoms. The molecule has 0 atom stereocenters. The first-order chi connectivity index (χ1) is 8.34. The zero-order valence-corrected chi connectivity index (χ0v) is 8.59. The van der Waals surface area contributed by atoms with Crippen LogP contribution < -0.4 is 4.84 Å². The maximum absolute atomic E-state index is 11.8. The van der Waals surface area contributed by atoms with Gasteiger partial charge in [0.25, 0.3) is 0 Å². The highest BCUT2D eigenvalue weighted by Gasteiger charge is 2.12. The first kappa shape index (κ1) is 9.52. The van der Waals surface area contributed by atoms with E-state index >= 15 is 0 Å². The molecule has 3 heterocycles. The van der Waals surface area contributed by atoms with Crippen molar-refractivity contribution in [3.05, 3.63) is 43.4 Å². The second-order valence-electron chi connectivity index (χ2n) is 3.25. The van der Waals surface area contributed by atoms with Gasteiger partial charge in [0, 0.05) is 12.4 Å². The monoisotopic (exact) mass is 229 g/mol. The predicted molar refractivity (Wildman–Crippen MR) is 57.1 cm³/mol. The topological polar surface area (TPSA) is 74.8 Å². The van der Waals surface area contributed by atoms with Crippen molar-refractivity contribution in [2.75, 3.05) is 0 Å². The quantitative estimate of drug-likeness (QED) is 0.614. The third-order valence-electron chi connectivity index (χ3n) is 2.18. The van der Waals surface area contributed by atoms with E-state index in [-0.39, 0.29) is 0 Å².